The molecule has 2 nitrogen and oxygen atoms in total. The monoisotopic (exact) mass is 502 g/mol. The lowest BCUT2D eigenvalue weighted by atomic mass is 9.47. The van der Waals surface area contributed by atoms with Crippen LogP contribution in [0.1, 0.15) is 103 Å². The molecule has 0 bridgehead atoms. The molecule has 0 radical (unpaired) electrons. The standard InChI is InChI=1S/C35H50O2/c1-23(2)24(3)12-13-25(4)30-16-17-31-29-15-14-27-22-28(37-33(36)26-10-8-7-9-11-26)18-20-34(27,5)32(29)19-21-35(30,31)6/h7-13,15,23-25,27-28,30-32H,14,16-22H2,1-6H3/b13-12+/t24-,25+,27-,28+,30-,31+,32+,34-,35-/m0/s1. The van der Waals surface area contributed by atoms with Crippen molar-refractivity contribution in [2.75, 3.05) is 0 Å². The van der Waals surface area contributed by atoms with E-state index in [2.05, 4.69) is 59.8 Å². The number of ether oxygens (including phenoxy) is 1. The minimum atomic E-state index is -0.155. The number of allylic oxidation sites excluding steroid dienone is 4. The zero-order valence-electron chi connectivity index (χ0n) is 24.2. The number of fused-ring (bicyclic) bond motifs is 5. The molecule has 5 rings (SSSR count). The van der Waals surface area contributed by atoms with Gasteiger partial charge >= 0.3 is 5.97 Å². The van der Waals surface area contributed by atoms with E-state index in [-0.39, 0.29) is 12.1 Å². The van der Waals surface area contributed by atoms with Crippen LogP contribution in [0.2, 0.25) is 0 Å². The third kappa shape index (κ3) is 4.87. The zero-order valence-corrected chi connectivity index (χ0v) is 24.2. The number of esters is 1. The quantitative estimate of drug-likeness (QED) is 0.286. The molecular formula is C35H50O2. The highest BCUT2D eigenvalue weighted by Gasteiger charge is 2.58. The first kappa shape index (κ1) is 26.8. The number of hydrogen-bond donors (Lipinski definition) is 0. The summed E-state index contributed by atoms with van der Waals surface area (Å²) in [5, 5.41) is 0. The van der Waals surface area contributed by atoms with E-state index in [0.717, 1.165) is 30.6 Å². The van der Waals surface area contributed by atoms with Crippen molar-refractivity contribution in [3.63, 3.8) is 0 Å². The van der Waals surface area contributed by atoms with Crippen LogP contribution in [0.4, 0.5) is 0 Å². The molecule has 0 heterocycles. The van der Waals surface area contributed by atoms with Crippen molar-refractivity contribution >= 4 is 5.97 Å². The summed E-state index contributed by atoms with van der Waals surface area (Å²) in [7, 11) is 0. The Morgan fingerprint density at radius 3 is 2.35 bits per heavy atom. The summed E-state index contributed by atoms with van der Waals surface area (Å²) in [6, 6.07) is 9.49. The Bertz CT molecular complexity index is 1020. The smallest absolute Gasteiger partial charge is 0.338 e. The van der Waals surface area contributed by atoms with E-state index >= 15 is 0 Å². The molecule has 4 aliphatic rings. The fraction of sp³-hybridized carbons (Fsp3) is 0.686. The molecule has 2 heteroatoms. The van der Waals surface area contributed by atoms with Gasteiger partial charge in [-0.1, -0.05) is 83.5 Å². The molecule has 0 aliphatic heterocycles. The topological polar surface area (TPSA) is 26.3 Å². The Hall–Kier alpha value is -1.83. The van der Waals surface area contributed by atoms with Gasteiger partial charge in [0.25, 0.3) is 0 Å². The summed E-state index contributed by atoms with van der Waals surface area (Å²) in [5.74, 6) is 4.79. The molecular weight excluding hydrogens is 452 g/mol. The molecule has 0 saturated heterocycles. The van der Waals surface area contributed by atoms with E-state index in [0.29, 0.717) is 40.1 Å². The van der Waals surface area contributed by atoms with Crippen molar-refractivity contribution in [3.05, 3.63) is 59.7 Å². The van der Waals surface area contributed by atoms with E-state index in [9.17, 15) is 4.79 Å². The summed E-state index contributed by atoms with van der Waals surface area (Å²) >= 11 is 0. The Morgan fingerprint density at radius 2 is 1.62 bits per heavy atom. The molecule has 0 aromatic heterocycles. The molecule has 4 aliphatic carbocycles. The maximum atomic E-state index is 12.7. The summed E-state index contributed by atoms with van der Waals surface area (Å²) in [6.45, 7) is 14.7. The predicted octanol–water partition coefficient (Wildman–Crippen LogP) is 9.28. The highest BCUT2D eigenvalue weighted by Crippen LogP contribution is 2.66. The van der Waals surface area contributed by atoms with Gasteiger partial charge in [-0.25, -0.2) is 4.79 Å². The van der Waals surface area contributed by atoms with Crippen LogP contribution in [-0.4, -0.2) is 12.1 Å². The second-order valence-electron chi connectivity index (χ2n) is 14.0. The molecule has 0 spiro atoms. The average molecular weight is 503 g/mol. The molecule has 202 valence electrons. The van der Waals surface area contributed by atoms with Gasteiger partial charge < -0.3 is 4.74 Å². The van der Waals surface area contributed by atoms with Gasteiger partial charge in [-0.2, -0.15) is 0 Å². The minimum absolute atomic E-state index is 0.0614. The van der Waals surface area contributed by atoms with E-state index in [1.807, 2.05) is 35.9 Å². The Balaban J connectivity index is 1.28. The van der Waals surface area contributed by atoms with E-state index in [1.54, 1.807) is 0 Å². The van der Waals surface area contributed by atoms with Gasteiger partial charge in [0.2, 0.25) is 0 Å². The van der Waals surface area contributed by atoms with Gasteiger partial charge in [-0.3, -0.25) is 0 Å². The second kappa shape index (κ2) is 10.4. The Labute approximate surface area is 226 Å². The second-order valence-corrected chi connectivity index (χ2v) is 14.0. The number of hydrogen-bond acceptors (Lipinski definition) is 2. The molecule has 3 saturated carbocycles. The zero-order chi connectivity index (χ0) is 26.4. The first-order valence-corrected chi connectivity index (χ1v) is 15.3. The fourth-order valence-electron chi connectivity index (χ4n) is 8.99. The molecule has 37 heavy (non-hydrogen) atoms. The normalized spacial score (nSPS) is 38.9. The SMILES string of the molecule is CC(C)[C@@H](C)/C=C/[C@@H](C)[C@@H]1CC[C@@H]2C3=CC[C@H]4C[C@H](OC(=O)c5ccccc5)CC[C@]4(C)[C@@H]3CC[C@]21C. The predicted molar refractivity (Wildman–Crippen MR) is 153 cm³/mol. The Morgan fingerprint density at radius 1 is 0.919 bits per heavy atom. The summed E-state index contributed by atoms with van der Waals surface area (Å²) < 4.78 is 6.02. The van der Waals surface area contributed by atoms with Crippen molar-refractivity contribution < 1.29 is 9.53 Å². The van der Waals surface area contributed by atoms with Crippen molar-refractivity contribution in [1.82, 2.24) is 0 Å². The lowest BCUT2D eigenvalue weighted by Gasteiger charge is -2.58. The van der Waals surface area contributed by atoms with Gasteiger partial charge in [0, 0.05) is 0 Å². The first-order valence-electron chi connectivity index (χ1n) is 15.3. The average Bonchev–Trinajstić information content (AvgIpc) is 3.25. The number of benzene rings is 1. The lowest BCUT2D eigenvalue weighted by molar-refractivity contribution is -0.0515. The van der Waals surface area contributed by atoms with Gasteiger partial charge in [0.05, 0.1) is 5.56 Å². The molecule has 1 aromatic rings. The van der Waals surface area contributed by atoms with Crippen LogP contribution < -0.4 is 0 Å². The maximum Gasteiger partial charge on any atom is 0.338 e. The van der Waals surface area contributed by atoms with E-state index in [4.69, 9.17) is 4.74 Å². The van der Waals surface area contributed by atoms with Gasteiger partial charge in [-0.05, 0) is 116 Å². The fourth-order valence-corrected chi connectivity index (χ4v) is 8.99. The summed E-state index contributed by atoms with van der Waals surface area (Å²) in [5.41, 5.74) is 3.30. The third-order valence-corrected chi connectivity index (χ3v) is 11.8. The van der Waals surface area contributed by atoms with Crippen LogP contribution >= 0.6 is 0 Å². The lowest BCUT2D eigenvalue weighted by Crippen LogP contribution is -2.50. The van der Waals surface area contributed by atoms with Crippen LogP contribution in [0.25, 0.3) is 0 Å². The van der Waals surface area contributed by atoms with Crippen LogP contribution in [0, 0.1) is 52.3 Å². The molecule has 0 N–H and O–H groups in total. The van der Waals surface area contributed by atoms with Crippen LogP contribution in [0.5, 0.6) is 0 Å². The van der Waals surface area contributed by atoms with Crippen molar-refractivity contribution in [1.29, 1.82) is 0 Å². The largest absolute Gasteiger partial charge is 0.459 e. The summed E-state index contributed by atoms with van der Waals surface area (Å²) in [4.78, 5) is 12.7. The maximum absolute atomic E-state index is 12.7. The Kier molecular flexibility index (Phi) is 7.51. The highest BCUT2D eigenvalue weighted by molar-refractivity contribution is 5.89. The molecule has 3 fully saturated rings. The number of rotatable bonds is 6. The van der Waals surface area contributed by atoms with Crippen molar-refractivity contribution in [2.45, 2.75) is 99.0 Å². The van der Waals surface area contributed by atoms with Crippen LogP contribution in [0.3, 0.4) is 0 Å². The molecule has 9 atom stereocenters. The first-order chi connectivity index (χ1) is 17.6. The third-order valence-electron chi connectivity index (χ3n) is 11.8. The summed E-state index contributed by atoms with van der Waals surface area (Å²) in [6.07, 6.45) is 17.6. The van der Waals surface area contributed by atoms with E-state index in [1.165, 1.54) is 38.5 Å². The van der Waals surface area contributed by atoms with Gasteiger partial charge in [0.1, 0.15) is 6.10 Å². The van der Waals surface area contributed by atoms with Gasteiger partial charge in [-0.15, -0.1) is 0 Å². The number of carbonyl (C=O) groups excluding carboxylic acids is 1. The van der Waals surface area contributed by atoms with Crippen LogP contribution in [0.15, 0.2) is 54.1 Å². The van der Waals surface area contributed by atoms with Crippen molar-refractivity contribution in [3.8, 4) is 0 Å². The minimum Gasteiger partial charge on any atom is -0.459 e. The van der Waals surface area contributed by atoms with E-state index < -0.39 is 0 Å². The van der Waals surface area contributed by atoms with Gasteiger partial charge in [0.15, 0.2) is 0 Å². The molecule has 0 unspecified atom stereocenters. The van der Waals surface area contributed by atoms with Crippen LogP contribution in [-0.2, 0) is 4.74 Å². The highest BCUT2D eigenvalue weighted by atomic mass is 16.5. The number of carbonyl (C=O) groups is 1. The van der Waals surface area contributed by atoms with Crippen molar-refractivity contribution in [2.24, 2.45) is 52.3 Å². The molecule has 1 aromatic carbocycles. The molecule has 0 amide bonds.